The summed E-state index contributed by atoms with van der Waals surface area (Å²) in [7, 11) is 0. The second-order valence-electron chi connectivity index (χ2n) is 5.00. The van der Waals surface area contributed by atoms with Crippen LogP contribution in [0.3, 0.4) is 0 Å². The molecule has 1 N–H and O–H groups in total. The van der Waals surface area contributed by atoms with Crippen molar-refractivity contribution < 1.29 is 0 Å². The second-order valence-corrected chi connectivity index (χ2v) is 5.00. The van der Waals surface area contributed by atoms with E-state index in [1.165, 1.54) is 36.0 Å². The molecule has 3 heteroatoms. The molecule has 1 aromatic heterocycles. The summed E-state index contributed by atoms with van der Waals surface area (Å²) in [4.78, 5) is 8.63. The van der Waals surface area contributed by atoms with Gasteiger partial charge in [-0.2, -0.15) is 0 Å². The molecule has 3 rings (SSSR count). The Hall–Kier alpha value is -1.74. The molecule has 0 saturated heterocycles. The minimum atomic E-state index is 0.143. The molecule has 0 bridgehead atoms. The lowest BCUT2D eigenvalue weighted by molar-refractivity contribution is 0.612. The highest BCUT2D eigenvalue weighted by Gasteiger charge is 2.17. The van der Waals surface area contributed by atoms with Gasteiger partial charge in [-0.05, 0) is 42.5 Å². The Morgan fingerprint density at radius 1 is 1.21 bits per heavy atom. The normalized spacial score (nSPS) is 15.2. The minimum absolute atomic E-state index is 0.143. The average molecular weight is 253 g/mol. The Kier molecular flexibility index (Phi) is 3.56. The maximum atomic E-state index is 4.44. The van der Waals surface area contributed by atoms with Gasteiger partial charge in [0.15, 0.2) is 0 Å². The topological polar surface area (TPSA) is 37.8 Å². The summed E-state index contributed by atoms with van der Waals surface area (Å²) in [6.07, 6.45) is 9.05. The first-order valence-corrected chi connectivity index (χ1v) is 6.99. The molecule has 1 aliphatic rings. The molecular formula is C16H19N3. The van der Waals surface area contributed by atoms with Crippen LogP contribution in [0.4, 0.5) is 0 Å². The largest absolute Gasteiger partial charge is 0.305 e. The highest BCUT2D eigenvalue weighted by Crippen LogP contribution is 2.27. The van der Waals surface area contributed by atoms with Gasteiger partial charge < -0.3 is 5.32 Å². The number of aryl methyl sites for hydroxylation is 2. The number of benzene rings is 1. The maximum absolute atomic E-state index is 4.44. The van der Waals surface area contributed by atoms with Crippen LogP contribution in [0.1, 0.15) is 41.8 Å². The standard InChI is InChI=1S/C16H19N3/c1-2-18-16(15-11-17-8-9-19-15)14-7-6-12-4-3-5-13(12)10-14/h6-11,16,18H,2-5H2,1H3. The van der Waals surface area contributed by atoms with Crippen LogP contribution in [0.25, 0.3) is 0 Å². The minimum Gasteiger partial charge on any atom is -0.305 e. The van der Waals surface area contributed by atoms with E-state index < -0.39 is 0 Å². The summed E-state index contributed by atoms with van der Waals surface area (Å²) >= 11 is 0. The number of nitrogens with one attached hydrogen (secondary N) is 1. The lowest BCUT2D eigenvalue weighted by Gasteiger charge is -2.18. The number of nitrogens with zero attached hydrogens (tertiary/aromatic N) is 2. The third-order valence-corrected chi connectivity index (χ3v) is 3.74. The van der Waals surface area contributed by atoms with E-state index in [1.54, 1.807) is 12.4 Å². The molecule has 1 aromatic carbocycles. The first-order chi connectivity index (χ1) is 9.38. The van der Waals surface area contributed by atoms with E-state index in [-0.39, 0.29) is 6.04 Å². The van der Waals surface area contributed by atoms with Gasteiger partial charge in [-0.25, -0.2) is 0 Å². The van der Waals surface area contributed by atoms with Gasteiger partial charge in [0.1, 0.15) is 0 Å². The predicted octanol–water partition coefficient (Wildman–Crippen LogP) is 2.66. The molecule has 3 nitrogen and oxygen atoms in total. The number of hydrogen-bond acceptors (Lipinski definition) is 3. The Balaban J connectivity index is 1.96. The number of fused-ring (bicyclic) bond motifs is 1. The molecule has 1 atom stereocenters. The van der Waals surface area contributed by atoms with Gasteiger partial charge in [0, 0.05) is 12.4 Å². The SMILES string of the molecule is CCNC(c1ccc2c(c1)CCC2)c1cnccn1. The van der Waals surface area contributed by atoms with Crippen molar-refractivity contribution >= 4 is 0 Å². The third kappa shape index (κ3) is 2.51. The van der Waals surface area contributed by atoms with E-state index in [1.807, 2.05) is 6.20 Å². The smallest absolute Gasteiger partial charge is 0.0801 e. The van der Waals surface area contributed by atoms with Crippen molar-refractivity contribution in [2.45, 2.75) is 32.2 Å². The summed E-state index contributed by atoms with van der Waals surface area (Å²) in [5.74, 6) is 0. The number of rotatable bonds is 4. The zero-order chi connectivity index (χ0) is 13.1. The van der Waals surface area contributed by atoms with Crippen LogP contribution in [0.15, 0.2) is 36.8 Å². The van der Waals surface area contributed by atoms with Crippen LogP contribution < -0.4 is 5.32 Å². The first-order valence-electron chi connectivity index (χ1n) is 6.99. The van der Waals surface area contributed by atoms with E-state index in [2.05, 4.69) is 40.4 Å². The number of hydrogen-bond donors (Lipinski definition) is 1. The molecule has 1 unspecified atom stereocenters. The molecule has 0 amide bonds. The summed E-state index contributed by atoms with van der Waals surface area (Å²) in [5, 5.41) is 3.50. The summed E-state index contributed by atoms with van der Waals surface area (Å²) in [5.41, 5.74) is 5.30. The summed E-state index contributed by atoms with van der Waals surface area (Å²) in [6.45, 7) is 3.04. The summed E-state index contributed by atoms with van der Waals surface area (Å²) < 4.78 is 0. The zero-order valence-electron chi connectivity index (χ0n) is 11.3. The first kappa shape index (κ1) is 12.3. The van der Waals surface area contributed by atoms with E-state index in [9.17, 15) is 0 Å². The second kappa shape index (κ2) is 5.49. The molecule has 98 valence electrons. The molecule has 0 fully saturated rings. The van der Waals surface area contributed by atoms with Crippen LogP contribution in [-0.2, 0) is 12.8 Å². The van der Waals surface area contributed by atoms with Gasteiger partial charge in [-0.3, -0.25) is 9.97 Å². The fourth-order valence-corrected chi connectivity index (χ4v) is 2.83. The molecule has 1 aliphatic carbocycles. The van der Waals surface area contributed by atoms with E-state index >= 15 is 0 Å². The van der Waals surface area contributed by atoms with Crippen LogP contribution in [-0.4, -0.2) is 16.5 Å². The lowest BCUT2D eigenvalue weighted by Crippen LogP contribution is -2.23. The molecule has 0 aliphatic heterocycles. The fourth-order valence-electron chi connectivity index (χ4n) is 2.83. The van der Waals surface area contributed by atoms with Crippen molar-refractivity contribution in [2.24, 2.45) is 0 Å². The van der Waals surface area contributed by atoms with Crippen LogP contribution in [0.5, 0.6) is 0 Å². The van der Waals surface area contributed by atoms with Gasteiger partial charge in [0.05, 0.1) is 17.9 Å². The van der Waals surface area contributed by atoms with Crippen molar-refractivity contribution in [1.29, 1.82) is 0 Å². The molecule has 0 saturated carbocycles. The third-order valence-electron chi connectivity index (χ3n) is 3.74. The fraction of sp³-hybridized carbons (Fsp3) is 0.375. The monoisotopic (exact) mass is 253 g/mol. The van der Waals surface area contributed by atoms with Crippen molar-refractivity contribution in [1.82, 2.24) is 15.3 Å². The van der Waals surface area contributed by atoms with E-state index in [0.29, 0.717) is 0 Å². The van der Waals surface area contributed by atoms with Gasteiger partial charge in [-0.1, -0.05) is 25.1 Å². The van der Waals surface area contributed by atoms with Gasteiger partial charge in [0.25, 0.3) is 0 Å². The van der Waals surface area contributed by atoms with Crippen molar-refractivity contribution in [3.8, 4) is 0 Å². The van der Waals surface area contributed by atoms with E-state index in [0.717, 1.165) is 12.2 Å². The van der Waals surface area contributed by atoms with Crippen LogP contribution in [0, 0.1) is 0 Å². The van der Waals surface area contributed by atoms with Gasteiger partial charge in [-0.15, -0.1) is 0 Å². The quantitative estimate of drug-likeness (QED) is 0.910. The molecular weight excluding hydrogens is 234 g/mol. The Labute approximate surface area is 114 Å². The summed E-state index contributed by atoms with van der Waals surface area (Å²) in [6, 6.07) is 6.99. The van der Waals surface area contributed by atoms with Gasteiger partial charge >= 0.3 is 0 Å². The lowest BCUT2D eigenvalue weighted by atomic mass is 9.99. The van der Waals surface area contributed by atoms with Gasteiger partial charge in [0.2, 0.25) is 0 Å². The van der Waals surface area contributed by atoms with Crippen molar-refractivity contribution in [3.05, 3.63) is 59.2 Å². The zero-order valence-corrected chi connectivity index (χ0v) is 11.3. The molecule has 0 spiro atoms. The van der Waals surface area contributed by atoms with E-state index in [4.69, 9.17) is 0 Å². The highest BCUT2D eigenvalue weighted by molar-refractivity contribution is 5.38. The molecule has 1 heterocycles. The molecule has 19 heavy (non-hydrogen) atoms. The highest BCUT2D eigenvalue weighted by atomic mass is 14.9. The van der Waals surface area contributed by atoms with Crippen molar-refractivity contribution in [3.63, 3.8) is 0 Å². The Morgan fingerprint density at radius 2 is 2.11 bits per heavy atom. The average Bonchev–Trinajstić information content (AvgIpc) is 2.93. The maximum Gasteiger partial charge on any atom is 0.0801 e. The van der Waals surface area contributed by atoms with Crippen LogP contribution >= 0.6 is 0 Å². The Morgan fingerprint density at radius 3 is 2.89 bits per heavy atom. The number of aromatic nitrogens is 2. The van der Waals surface area contributed by atoms with Crippen molar-refractivity contribution in [2.75, 3.05) is 6.54 Å². The predicted molar refractivity (Wildman–Crippen MR) is 76.0 cm³/mol. The molecule has 2 aromatic rings. The van der Waals surface area contributed by atoms with Crippen LogP contribution in [0.2, 0.25) is 0 Å². The molecule has 0 radical (unpaired) electrons. The Bertz CT molecular complexity index is 551.